The number of H-pyrrole nitrogens is 1. The first-order valence-electron chi connectivity index (χ1n) is 6.14. The molecule has 0 atom stereocenters. The first-order valence-corrected chi connectivity index (χ1v) is 6.93. The van der Waals surface area contributed by atoms with Crippen LogP contribution in [0.1, 0.15) is 19.0 Å². The highest BCUT2D eigenvalue weighted by molar-refractivity contribution is 9.10. The molecule has 0 radical (unpaired) electrons. The lowest BCUT2D eigenvalue weighted by atomic mass is 10.4. The number of nitrogens with zero attached hydrogens (tertiary/aromatic N) is 3. The molecule has 0 bridgehead atoms. The van der Waals surface area contributed by atoms with Gasteiger partial charge in [0.2, 0.25) is 0 Å². The number of hydrogen-bond donors (Lipinski definition) is 2. The summed E-state index contributed by atoms with van der Waals surface area (Å²) >= 11 is 3.08. The highest BCUT2D eigenvalue weighted by atomic mass is 79.9. The number of halogens is 1. The summed E-state index contributed by atoms with van der Waals surface area (Å²) in [7, 11) is 0. The summed E-state index contributed by atoms with van der Waals surface area (Å²) in [6, 6.07) is 0. The highest BCUT2D eigenvalue weighted by Crippen LogP contribution is 2.03. The van der Waals surface area contributed by atoms with Crippen molar-refractivity contribution >= 4 is 21.7 Å². The van der Waals surface area contributed by atoms with Crippen LogP contribution in [0.25, 0.3) is 0 Å². The average Bonchev–Trinajstić information content (AvgIpc) is 2.44. The Kier molecular flexibility index (Phi) is 4.67. The maximum absolute atomic E-state index is 11.6. The second-order valence-corrected chi connectivity index (χ2v) is 5.04. The summed E-state index contributed by atoms with van der Waals surface area (Å²) in [4.78, 5) is 33.5. The van der Waals surface area contributed by atoms with Gasteiger partial charge in [0, 0.05) is 12.7 Å². The maximum Gasteiger partial charge on any atom is 0.328 e. The lowest BCUT2D eigenvalue weighted by Gasteiger charge is -2.06. The first-order chi connectivity index (χ1) is 9.60. The molecule has 0 aliphatic carbocycles. The topological polar surface area (TPSA) is 92.7 Å². The zero-order valence-electron chi connectivity index (χ0n) is 10.9. The Morgan fingerprint density at radius 2 is 2.15 bits per heavy atom. The summed E-state index contributed by atoms with van der Waals surface area (Å²) < 4.78 is 1.65. The van der Waals surface area contributed by atoms with Crippen molar-refractivity contribution in [1.29, 1.82) is 0 Å². The third-order valence-corrected chi connectivity index (χ3v) is 3.13. The van der Waals surface area contributed by atoms with Gasteiger partial charge in [0.25, 0.3) is 5.56 Å². The Bertz CT molecular complexity index is 692. The van der Waals surface area contributed by atoms with Crippen LogP contribution in [0, 0.1) is 0 Å². The van der Waals surface area contributed by atoms with E-state index in [0.717, 1.165) is 13.0 Å². The van der Waals surface area contributed by atoms with Gasteiger partial charge in [0.15, 0.2) is 0 Å². The van der Waals surface area contributed by atoms with Crippen LogP contribution in [0.3, 0.4) is 0 Å². The van der Waals surface area contributed by atoms with Crippen molar-refractivity contribution in [3.63, 3.8) is 0 Å². The molecule has 2 N–H and O–H groups in total. The molecule has 8 heteroatoms. The summed E-state index contributed by atoms with van der Waals surface area (Å²) in [5.74, 6) is 0.700. The molecule has 0 fully saturated rings. The second kappa shape index (κ2) is 6.47. The summed E-state index contributed by atoms with van der Waals surface area (Å²) in [6.07, 6.45) is 5.66. The van der Waals surface area contributed by atoms with Gasteiger partial charge in [-0.1, -0.05) is 6.92 Å². The molecule has 0 saturated heterocycles. The molecule has 0 aromatic carbocycles. The van der Waals surface area contributed by atoms with Crippen LogP contribution in [0.2, 0.25) is 0 Å². The van der Waals surface area contributed by atoms with Crippen LogP contribution in [-0.2, 0) is 6.54 Å². The van der Waals surface area contributed by atoms with Gasteiger partial charge in [0.05, 0.1) is 29.1 Å². The zero-order chi connectivity index (χ0) is 14.5. The zero-order valence-corrected chi connectivity index (χ0v) is 12.5. The van der Waals surface area contributed by atoms with E-state index in [1.807, 2.05) is 0 Å². The predicted octanol–water partition coefficient (Wildman–Crippen LogP) is 0.959. The van der Waals surface area contributed by atoms with E-state index in [4.69, 9.17) is 0 Å². The fourth-order valence-corrected chi connectivity index (χ4v) is 1.90. The Labute approximate surface area is 123 Å². The second-order valence-electron chi connectivity index (χ2n) is 4.18. The molecule has 20 heavy (non-hydrogen) atoms. The van der Waals surface area contributed by atoms with Crippen LogP contribution in [0.5, 0.6) is 0 Å². The number of anilines is 1. The highest BCUT2D eigenvalue weighted by Gasteiger charge is 2.04. The monoisotopic (exact) mass is 339 g/mol. The number of aromatic nitrogens is 4. The molecule has 0 amide bonds. The third-order valence-electron chi connectivity index (χ3n) is 2.56. The molecule has 0 aliphatic rings. The van der Waals surface area contributed by atoms with E-state index in [9.17, 15) is 9.59 Å². The van der Waals surface area contributed by atoms with Gasteiger partial charge in [0.1, 0.15) is 5.82 Å². The Morgan fingerprint density at radius 1 is 1.35 bits per heavy atom. The van der Waals surface area contributed by atoms with Crippen molar-refractivity contribution in [3.05, 3.63) is 49.6 Å². The van der Waals surface area contributed by atoms with Crippen molar-refractivity contribution in [2.75, 3.05) is 11.9 Å². The van der Waals surface area contributed by atoms with Crippen LogP contribution in [-0.4, -0.2) is 26.1 Å². The molecule has 0 spiro atoms. The van der Waals surface area contributed by atoms with Crippen LogP contribution >= 0.6 is 15.9 Å². The van der Waals surface area contributed by atoms with E-state index in [1.165, 1.54) is 10.8 Å². The molecule has 7 nitrogen and oxygen atoms in total. The van der Waals surface area contributed by atoms with E-state index in [-0.39, 0.29) is 6.54 Å². The Hall–Kier alpha value is -1.96. The minimum absolute atomic E-state index is 0.245. The number of hydrogen-bond acceptors (Lipinski definition) is 5. The van der Waals surface area contributed by atoms with Gasteiger partial charge < -0.3 is 5.32 Å². The Morgan fingerprint density at radius 3 is 2.80 bits per heavy atom. The number of rotatable bonds is 5. The van der Waals surface area contributed by atoms with Gasteiger partial charge in [-0.25, -0.2) is 9.78 Å². The van der Waals surface area contributed by atoms with Crippen LogP contribution < -0.4 is 16.6 Å². The van der Waals surface area contributed by atoms with Gasteiger partial charge >= 0.3 is 5.69 Å². The molecule has 106 valence electrons. The molecular weight excluding hydrogens is 326 g/mol. The molecular formula is C12H14BrN5O2. The fraction of sp³-hybridized carbons (Fsp3) is 0.333. The molecule has 2 aromatic heterocycles. The maximum atomic E-state index is 11.6. The van der Waals surface area contributed by atoms with Gasteiger partial charge in [-0.05, 0) is 22.4 Å². The van der Waals surface area contributed by atoms with Crippen LogP contribution in [0.15, 0.2) is 32.7 Å². The largest absolute Gasteiger partial charge is 0.369 e. The normalized spacial score (nSPS) is 10.5. The smallest absolute Gasteiger partial charge is 0.328 e. The quantitative estimate of drug-likeness (QED) is 0.846. The molecule has 0 saturated carbocycles. The van der Waals surface area contributed by atoms with E-state index in [0.29, 0.717) is 16.0 Å². The number of aromatic amines is 1. The van der Waals surface area contributed by atoms with E-state index in [1.54, 1.807) is 12.4 Å². The summed E-state index contributed by atoms with van der Waals surface area (Å²) in [6.45, 7) is 3.14. The standard InChI is InChI=1S/C12H14BrN5O2/c1-2-3-14-10-5-15-8(4-16-10)6-18-7-9(13)11(19)17-12(18)20/h4-5,7H,2-3,6H2,1H3,(H,14,16)(H,17,19,20). The van der Waals surface area contributed by atoms with E-state index >= 15 is 0 Å². The lowest BCUT2D eigenvalue weighted by molar-refractivity contribution is 0.698. The van der Waals surface area contributed by atoms with Crippen molar-refractivity contribution in [2.45, 2.75) is 19.9 Å². The minimum Gasteiger partial charge on any atom is -0.369 e. The lowest BCUT2D eigenvalue weighted by Crippen LogP contribution is -2.30. The van der Waals surface area contributed by atoms with Crippen LogP contribution in [0.4, 0.5) is 5.82 Å². The van der Waals surface area contributed by atoms with Crippen molar-refractivity contribution in [3.8, 4) is 0 Å². The van der Waals surface area contributed by atoms with Gasteiger partial charge in [-0.2, -0.15) is 0 Å². The van der Waals surface area contributed by atoms with Crippen molar-refractivity contribution < 1.29 is 0 Å². The molecule has 2 rings (SSSR count). The third kappa shape index (κ3) is 3.53. The van der Waals surface area contributed by atoms with E-state index in [2.05, 4.69) is 43.1 Å². The van der Waals surface area contributed by atoms with Gasteiger partial charge in [-0.3, -0.25) is 19.3 Å². The molecule has 0 aliphatic heterocycles. The molecule has 2 aromatic rings. The number of nitrogens with one attached hydrogen (secondary N) is 2. The van der Waals surface area contributed by atoms with Gasteiger partial charge in [-0.15, -0.1) is 0 Å². The molecule has 0 unspecified atom stereocenters. The fourth-order valence-electron chi connectivity index (χ4n) is 1.56. The summed E-state index contributed by atoms with van der Waals surface area (Å²) in [5.41, 5.74) is -0.294. The van der Waals surface area contributed by atoms with E-state index < -0.39 is 11.2 Å². The average molecular weight is 340 g/mol. The summed E-state index contributed by atoms with van der Waals surface area (Å²) in [5, 5.41) is 3.12. The Balaban J connectivity index is 2.16. The first kappa shape index (κ1) is 14.4. The SMILES string of the molecule is CCCNc1cnc(Cn2cc(Br)c(=O)[nH]c2=O)cn1. The van der Waals surface area contributed by atoms with Crippen molar-refractivity contribution in [2.24, 2.45) is 0 Å². The minimum atomic E-state index is -0.479. The molecule has 2 heterocycles. The predicted molar refractivity (Wildman–Crippen MR) is 78.9 cm³/mol. The van der Waals surface area contributed by atoms with Crippen molar-refractivity contribution in [1.82, 2.24) is 19.5 Å².